The fourth-order valence-corrected chi connectivity index (χ4v) is 1.66. The zero-order valence-corrected chi connectivity index (χ0v) is 11.5. The van der Waals surface area contributed by atoms with Crippen LogP contribution in [-0.2, 0) is 0 Å². The van der Waals surface area contributed by atoms with Gasteiger partial charge in [-0.3, -0.25) is 0 Å². The van der Waals surface area contributed by atoms with Gasteiger partial charge in [0.2, 0.25) is 0 Å². The standard InChI is InChI=1S/C10H14Cl3N3/c1-3-16(2)5-4-14-10-8(12)6-7(11)9(13)15-10/h6H,3-5H2,1-2H3,(H,14,15). The molecule has 0 radical (unpaired) electrons. The van der Waals surface area contributed by atoms with E-state index in [0.717, 1.165) is 19.6 Å². The monoisotopic (exact) mass is 281 g/mol. The van der Waals surface area contributed by atoms with Crippen molar-refractivity contribution in [2.75, 3.05) is 32.0 Å². The number of rotatable bonds is 5. The second-order valence-corrected chi connectivity index (χ2v) is 4.59. The number of aromatic nitrogens is 1. The number of anilines is 1. The molecule has 0 aliphatic carbocycles. The molecule has 0 saturated heterocycles. The van der Waals surface area contributed by atoms with Crippen LogP contribution < -0.4 is 5.32 Å². The number of likely N-dealkylation sites (N-methyl/N-ethyl adjacent to an activating group) is 1. The third-order valence-electron chi connectivity index (χ3n) is 2.21. The SMILES string of the molecule is CCN(C)CCNc1nc(Cl)c(Cl)cc1Cl. The van der Waals surface area contributed by atoms with E-state index in [2.05, 4.69) is 22.1 Å². The van der Waals surface area contributed by atoms with Crippen LogP contribution in [0.1, 0.15) is 6.92 Å². The minimum absolute atomic E-state index is 0.261. The summed E-state index contributed by atoms with van der Waals surface area (Å²) in [6.45, 7) is 4.78. The van der Waals surface area contributed by atoms with Crippen molar-refractivity contribution in [1.29, 1.82) is 0 Å². The molecule has 90 valence electrons. The first-order valence-corrected chi connectivity index (χ1v) is 6.12. The molecule has 0 unspecified atom stereocenters. The quantitative estimate of drug-likeness (QED) is 0.839. The Hall–Kier alpha value is -0.220. The van der Waals surface area contributed by atoms with Gasteiger partial charge in [-0.2, -0.15) is 0 Å². The average Bonchev–Trinajstić information content (AvgIpc) is 2.25. The fraction of sp³-hybridized carbons (Fsp3) is 0.500. The van der Waals surface area contributed by atoms with Crippen LogP contribution in [0.5, 0.6) is 0 Å². The Bertz CT molecular complexity index is 357. The molecule has 0 aromatic carbocycles. The maximum Gasteiger partial charge on any atom is 0.150 e. The van der Waals surface area contributed by atoms with E-state index in [1.54, 1.807) is 6.07 Å². The van der Waals surface area contributed by atoms with Crippen molar-refractivity contribution in [2.45, 2.75) is 6.92 Å². The van der Waals surface area contributed by atoms with E-state index in [1.165, 1.54) is 0 Å². The fourth-order valence-electron chi connectivity index (χ4n) is 1.09. The van der Waals surface area contributed by atoms with Gasteiger partial charge < -0.3 is 10.2 Å². The van der Waals surface area contributed by atoms with Gasteiger partial charge in [-0.25, -0.2) is 4.98 Å². The summed E-state index contributed by atoms with van der Waals surface area (Å²) in [5.41, 5.74) is 0. The summed E-state index contributed by atoms with van der Waals surface area (Å²) in [6.07, 6.45) is 0. The summed E-state index contributed by atoms with van der Waals surface area (Å²) in [7, 11) is 2.05. The van der Waals surface area contributed by atoms with Crippen molar-refractivity contribution in [1.82, 2.24) is 9.88 Å². The normalized spacial score (nSPS) is 10.9. The van der Waals surface area contributed by atoms with E-state index >= 15 is 0 Å². The number of hydrogen-bond acceptors (Lipinski definition) is 3. The van der Waals surface area contributed by atoms with Gasteiger partial charge in [0.1, 0.15) is 11.0 Å². The van der Waals surface area contributed by atoms with Crippen LogP contribution in [0.15, 0.2) is 6.07 Å². The molecule has 0 atom stereocenters. The first-order chi connectivity index (χ1) is 7.54. The summed E-state index contributed by atoms with van der Waals surface area (Å²) < 4.78 is 0. The smallest absolute Gasteiger partial charge is 0.150 e. The Morgan fingerprint density at radius 3 is 2.62 bits per heavy atom. The Morgan fingerprint density at radius 2 is 2.00 bits per heavy atom. The molecule has 0 aliphatic heterocycles. The summed E-state index contributed by atoms with van der Waals surface area (Å²) in [5, 5.41) is 4.22. The molecule has 0 aliphatic rings. The van der Waals surface area contributed by atoms with E-state index in [4.69, 9.17) is 34.8 Å². The second-order valence-electron chi connectivity index (χ2n) is 3.41. The van der Waals surface area contributed by atoms with Crippen LogP contribution in [0.3, 0.4) is 0 Å². The van der Waals surface area contributed by atoms with Crippen molar-refractivity contribution in [3.8, 4) is 0 Å². The predicted molar refractivity (Wildman–Crippen MR) is 70.9 cm³/mol. The molecule has 0 saturated carbocycles. The summed E-state index contributed by atoms with van der Waals surface area (Å²) in [4.78, 5) is 6.25. The first-order valence-electron chi connectivity index (χ1n) is 4.98. The Labute approximate surface area is 111 Å². The zero-order chi connectivity index (χ0) is 12.1. The average molecular weight is 283 g/mol. The van der Waals surface area contributed by atoms with Gasteiger partial charge in [-0.15, -0.1) is 0 Å². The lowest BCUT2D eigenvalue weighted by atomic mass is 10.4. The Balaban J connectivity index is 2.57. The third-order valence-corrected chi connectivity index (χ3v) is 3.17. The van der Waals surface area contributed by atoms with Crippen LogP contribution in [0, 0.1) is 0 Å². The van der Waals surface area contributed by atoms with Crippen molar-refractivity contribution in [3.05, 3.63) is 21.3 Å². The zero-order valence-electron chi connectivity index (χ0n) is 9.23. The molecule has 0 spiro atoms. The molecule has 0 amide bonds. The molecular formula is C10H14Cl3N3. The lowest BCUT2D eigenvalue weighted by Gasteiger charge is -2.15. The number of pyridine rings is 1. The van der Waals surface area contributed by atoms with E-state index in [0.29, 0.717) is 15.9 Å². The largest absolute Gasteiger partial charge is 0.367 e. The molecule has 1 heterocycles. The molecule has 1 N–H and O–H groups in total. The minimum Gasteiger partial charge on any atom is -0.367 e. The van der Waals surface area contributed by atoms with E-state index in [9.17, 15) is 0 Å². The van der Waals surface area contributed by atoms with Gasteiger partial charge in [0, 0.05) is 13.1 Å². The maximum absolute atomic E-state index is 5.97. The molecule has 3 nitrogen and oxygen atoms in total. The summed E-state index contributed by atoms with van der Waals surface area (Å²) >= 11 is 17.5. The predicted octanol–water partition coefficient (Wildman–Crippen LogP) is 3.41. The minimum atomic E-state index is 0.261. The molecular weight excluding hydrogens is 268 g/mol. The molecule has 1 aromatic heterocycles. The molecule has 6 heteroatoms. The lowest BCUT2D eigenvalue weighted by Crippen LogP contribution is -2.25. The topological polar surface area (TPSA) is 28.2 Å². The van der Waals surface area contributed by atoms with Crippen LogP contribution in [0.25, 0.3) is 0 Å². The van der Waals surface area contributed by atoms with E-state index in [-0.39, 0.29) is 5.15 Å². The van der Waals surface area contributed by atoms with Crippen molar-refractivity contribution < 1.29 is 0 Å². The maximum atomic E-state index is 5.97. The van der Waals surface area contributed by atoms with Gasteiger partial charge in [0.15, 0.2) is 0 Å². The highest BCUT2D eigenvalue weighted by atomic mass is 35.5. The van der Waals surface area contributed by atoms with Gasteiger partial charge in [-0.05, 0) is 19.7 Å². The Kier molecular flexibility index (Phi) is 5.62. The Morgan fingerprint density at radius 1 is 1.31 bits per heavy atom. The third kappa shape index (κ3) is 3.98. The number of nitrogens with one attached hydrogen (secondary N) is 1. The summed E-state index contributed by atoms with van der Waals surface area (Å²) in [6, 6.07) is 1.59. The van der Waals surface area contributed by atoms with Crippen LogP contribution >= 0.6 is 34.8 Å². The molecule has 1 aromatic rings. The van der Waals surface area contributed by atoms with Gasteiger partial charge in [-0.1, -0.05) is 41.7 Å². The van der Waals surface area contributed by atoms with Crippen molar-refractivity contribution in [2.24, 2.45) is 0 Å². The van der Waals surface area contributed by atoms with Crippen LogP contribution in [0.4, 0.5) is 5.82 Å². The number of halogens is 3. The van der Waals surface area contributed by atoms with Crippen LogP contribution in [0.2, 0.25) is 15.2 Å². The molecule has 1 rings (SSSR count). The van der Waals surface area contributed by atoms with E-state index in [1.807, 2.05) is 7.05 Å². The molecule has 0 bridgehead atoms. The van der Waals surface area contributed by atoms with Gasteiger partial charge in [0.05, 0.1) is 10.0 Å². The van der Waals surface area contributed by atoms with Gasteiger partial charge in [0.25, 0.3) is 0 Å². The number of nitrogens with zero attached hydrogens (tertiary/aromatic N) is 2. The first kappa shape index (κ1) is 13.8. The highest BCUT2D eigenvalue weighted by Crippen LogP contribution is 2.28. The highest BCUT2D eigenvalue weighted by Gasteiger charge is 2.07. The van der Waals surface area contributed by atoms with Crippen molar-refractivity contribution >= 4 is 40.6 Å². The van der Waals surface area contributed by atoms with Gasteiger partial charge >= 0.3 is 0 Å². The van der Waals surface area contributed by atoms with Crippen molar-refractivity contribution in [3.63, 3.8) is 0 Å². The lowest BCUT2D eigenvalue weighted by molar-refractivity contribution is 0.367. The van der Waals surface area contributed by atoms with Crippen LogP contribution in [-0.4, -0.2) is 36.6 Å². The summed E-state index contributed by atoms with van der Waals surface area (Å²) in [5.74, 6) is 0.570. The molecule has 0 fully saturated rings. The molecule has 16 heavy (non-hydrogen) atoms. The van der Waals surface area contributed by atoms with E-state index < -0.39 is 0 Å². The second kappa shape index (κ2) is 6.50. The highest BCUT2D eigenvalue weighted by molar-refractivity contribution is 6.42. The number of hydrogen-bond donors (Lipinski definition) is 1.